The highest BCUT2D eigenvalue weighted by atomic mass is 14.9. The molecular formula is C12H23N3. The van der Waals surface area contributed by atoms with Crippen molar-refractivity contribution < 1.29 is 0 Å². The SMILES string of the molecule is CC(C)(N)CNCC(C)(C)c1ccc[nH]1. The van der Waals surface area contributed by atoms with Crippen molar-refractivity contribution in [3.8, 4) is 0 Å². The van der Waals surface area contributed by atoms with Gasteiger partial charge >= 0.3 is 0 Å². The average Bonchev–Trinajstić information content (AvgIpc) is 2.52. The number of nitrogens with two attached hydrogens (primary N) is 1. The standard InChI is InChI=1S/C12H23N3/c1-11(2,10-6-5-7-15-10)8-14-9-12(3,4)13/h5-7,14-15H,8-9,13H2,1-4H3. The lowest BCUT2D eigenvalue weighted by Gasteiger charge is -2.27. The molecule has 0 spiro atoms. The van der Waals surface area contributed by atoms with Crippen molar-refractivity contribution in [3.05, 3.63) is 24.0 Å². The van der Waals surface area contributed by atoms with Gasteiger partial charge in [0.1, 0.15) is 0 Å². The summed E-state index contributed by atoms with van der Waals surface area (Å²) in [5.74, 6) is 0. The first kappa shape index (κ1) is 12.3. The molecule has 0 unspecified atom stereocenters. The molecule has 0 saturated heterocycles. The van der Waals surface area contributed by atoms with E-state index in [1.54, 1.807) is 0 Å². The molecule has 1 aromatic rings. The van der Waals surface area contributed by atoms with Gasteiger partial charge in [-0.05, 0) is 26.0 Å². The molecule has 0 aliphatic carbocycles. The second-order valence-electron chi connectivity index (χ2n) is 5.56. The van der Waals surface area contributed by atoms with Gasteiger partial charge in [0.2, 0.25) is 0 Å². The maximum absolute atomic E-state index is 5.91. The first-order valence-corrected chi connectivity index (χ1v) is 5.45. The van der Waals surface area contributed by atoms with Crippen molar-refractivity contribution in [3.63, 3.8) is 0 Å². The van der Waals surface area contributed by atoms with Crippen molar-refractivity contribution in [1.29, 1.82) is 0 Å². The number of aromatic amines is 1. The van der Waals surface area contributed by atoms with Crippen LogP contribution in [0, 0.1) is 0 Å². The fourth-order valence-corrected chi connectivity index (χ4v) is 1.54. The van der Waals surface area contributed by atoms with E-state index in [2.05, 4.69) is 30.2 Å². The summed E-state index contributed by atoms with van der Waals surface area (Å²) in [6.45, 7) is 10.2. The van der Waals surface area contributed by atoms with E-state index in [1.165, 1.54) is 5.69 Å². The van der Waals surface area contributed by atoms with Gasteiger partial charge in [-0.3, -0.25) is 0 Å². The third-order valence-corrected chi connectivity index (χ3v) is 2.47. The Morgan fingerprint density at radius 3 is 2.40 bits per heavy atom. The van der Waals surface area contributed by atoms with Gasteiger partial charge in [0.25, 0.3) is 0 Å². The Kier molecular flexibility index (Phi) is 3.58. The quantitative estimate of drug-likeness (QED) is 0.690. The predicted octanol–water partition coefficient (Wildman–Crippen LogP) is 1.62. The van der Waals surface area contributed by atoms with E-state index in [9.17, 15) is 0 Å². The molecule has 0 aliphatic heterocycles. The van der Waals surface area contributed by atoms with E-state index in [-0.39, 0.29) is 11.0 Å². The molecule has 0 aromatic carbocycles. The molecule has 1 heterocycles. The summed E-state index contributed by atoms with van der Waals surface area (Å²) in [5.41, 5.74) is 7.14. The van der Waals surface area contributed by atoms with Crippen LogP contribution in [0.2, 0.25) is 0 Å². The summed E-state index contributed by atoms with van der Waals surface area (Å²) in [4.78, 5) is 3.25. The fourth-order valence-electron chi connectivity index (χ4n) is 1.54. The van der Waals surface area contributed by atoms with Crippen LogP contribution in [-0.4, -0.2) is 23.6 Å². The summed E-state index contributed by atoms with van der Waals surface area (Å²) in [6.07, 6.45) is 1.96. The van der Waals surface area contributed by atoms with Gasteiger partial charge < -0.3 is 16.0 Å². The molecule has 0 bridgehead atoms. The third kappa shape index (κ3) is 4.06. The Bertz CT molecular complexity index is 280. The summed E-state index contributed by atoms with van der Waals surface area (Å²) < 4.78 is 0. The first-order chi connectivity index (χ1) is 6.81. The number of hydrogen-bond donors (Lipinski definition) is 3. The van der Waals surface area contributed by atoms with Gasteiger partial charge in [-0.15, -0.1) is 0 Å². The zero-order valence-electron chi connectivity index (χ0n) is 10.2. The highest BCUT2D eigenvalue weighted by Gasteiger charge is 2.21. The topological polar surface area (TPSA) is 53.8 Å². The molecule has 3 heteroatoms. The maximum atomic E-state index is 5.91. The molecule has 86 valence electrons. The van der Waals surface area contributed by atoms with Crippen LogP contribution in [-0.2, 0) is 5.41 Å². The zero-order chi connectivity index (χ0) is 11.5. The van der Waals surface area contributed by atoms with E-state index in [4.69, 9.17) is 5.73 Å². The molecule has 1 rings (SSSR count). The zero-order valence-corrected chi connectivity index (χ0v) is 10.2. The minimum absolute atomic E-state index is 0.120. The summed E-state index contributed by atoms with van der Waals surface area (Å²) in [6, 6.07) is 4.15. The van der Waals surface area contributed by atoms with E-state index in [1.807, 2.05) is 26.1 Å². The molecular weight excluding hydrogens is 186 g/mol. The third-order valence-electron chi connectivity index (χ3n) is 2.47. The molecule has 0 saturated carbocycles. The van der Waals surface area contributed by atoms with Crippen LogP contribution in [0.15, 0.2) is 18.3 Å². The van der Waals surface area contributed by atoms with Crippen LogP contribution < -0.4 is 11.1 Å². The fraction of sp³-hybridized carbons (Fsp3) is 0.667. The summed E-state index contributed by atoms with van der Waals surface area (Å²) in [5, 5.41) is 3.41. The van der Waals surface area contributed by atoms with Crippen molar-refractivity contribution in [2.75, 3.05) is 13.1 Å². The molecule has 4 N–H and O–H groups in total. The Labute approximate surface area is 92.4 Å². The van der Waals surface area contributed by atoms with E-state index in [0.717, 1.165) is 13.1 Å². The molecule has 1 aromatic heterocycles. The number of rotatable bonds is 5. The molecule has 0 fully saturated rings. The van der Waals surface area contributed by atoms with E-state index in [0.29, 0.717) is 0 Å². The average molecular weight is 209 g/mol. The molecule has 0 amide bonds. The van der Waals surface area contributed by atoms with Gasteiger partial charge in [0, 0.05) is 35.9 Å². The smallest absolute Gasteiger partial charge is 0.0223 e. The number of hydrogen-bond acceptors (Lipinski definition) is 2. The Morgan fingerprint density at radius 1 is 1.27 bits per heavy atom. The Hall–Kier alpha value is -0.800. The minimum Gasteiger partial charge on any atom is -0.365 e. The highest BCUT2D eigenvalue weighted by Crippen LogP contribution is 2.19. The maximum Gasteiger partial charge on any atom is 0.0223 e. The number of aromatic nitrogens is 1. The normalized spacial score (nSPS) is 13.1. The van der Waals surface area contributed by atoms with Crippen LogP contribution in [0.3, 0.4) is 0 Å². The lowest BCUT2D eigenvalue weighted by atomic mass is 9.89. The van der Waals surface area contributed by atoms with Gasteiger partial charge in [-0.2, -0.15) is 0 Å². The lowest BCUT2D eigenvalue weighted by molar-refractivity contribution is 0.406. The molecule has 15 heavy (non-hydrogen) atoms. The van der Waals surface area contributed by atoms with Crippen LogP contribution in [0.4, 0.5) is 0 Å². The summed E-state index contributed by atoms with van der Waals surface area (Å²) in [7, 11) is 0. The highest BCUT2D eigenvalue weighted by molar-refractivity contribution is 5.15. The van der Waals surface area contributed by atoms with Crippen molar-refractivity contribution in [2.24, 2.45) is 5.73 Å². The van der Waals surface area contributed by atoms with Crippen LogP contribution in [0.25, 0.3) is 0 Å². The molecule has 0 aliphatic rings. The minimum atomic E-state index is -0.147. The monoisotopic (exact) mass is 209 g/mol. The van der Waals surface area contributed by atoms with Crippen LogP contribution in [0.5, 0.6) is 0 Å². The largest absolute Gasteiger partial charge is 0.365 e. The molecule has 0 atom stereocenters. The number of nitrogens with one attached hydrogen (secondary N) is 2. The van der Waals surface area contributed by atoms with Gasteiger partial charge in [0.05, 0.1) is 0 Å². The molecule has 3 nitrogen and oxygen atoms in total. The van der Waals surface area contributed by atoms with Crippen molar-refractivity contribution in [2.45, 2.75) is 38.6 Å². The van der Waals surface area contributed by atoms with Crippen molar-refractivity contribution >= 4 is 0 Å². The molecule has 0 radical (unpaired) electrons. The van der Waals surface area contributed by atoms with Crippen molar-refractivity contribution in [1.82, 2.24) is 10.3 Å². The van der Waals surface area contributed by atoms with Gasteiger partial charge in [0.15, 0.2) is 0 Å². The number of H-pyrrole nitrogens is 1. The van der Waals surface area contributed by atoms with Crippen LogP contribution >= 0.6 is 0 Å². The van der Waals surface area contributed by atoms with Gasteiger partial charge in [-0.1, -0.05) is 13.8 Å². The summed E-state index contributed by atoms with van der Waals surface area (Å²) >= 11 is 0. The van der Waals surface area contributed by atoms with E-state index >= 15 is 0 Å². The lowest BCUT2D eigenvalue weighted by Crippen LogP contribution is -2.46. The Morgan fingerprint density at radius 2 is 1.93 bits per heavy atom. The Balaban J connectivity index is 2.44. The van der Waals surface area contributed by atoms with Gasteiger partial charge in [-0.25, -0.2) is 0 Å². The van der Waals surface area contributed by atoms with E-state index < -0.39 is 0 Å². The van der Waals surface area contributed by atoms with Crippen LogP contribution in [0.1, 0.15) is 33.4 Å². The first-order valence-electron chi connectivity index (χ1n) is 5.45. The second-order valence-corrected chi connectivity index (χ2v) is 5.56. The second kappa shape index (κ2) is 4.37. The predicted molar refractivity (Wildman–Crippen MR) is 65.0 cm³/mol.